The first-order chi connectivity index (χ1) is 10.9. The standard InChI is InChI=1S/C16H22N2O4S/c17-23(20,21)11-14-13-7-4-8-15(14)18(9-13)16(19)22-10-12-5-2-1-3-6-12/h1-3,5-6,13-15H,4,7-11H2,(H2,17,20,21). The van der Waals surface area contributed by atoms with Crippen LogP contribution in [0.25, 0.3) is 0 Å². The van der Waals surface area contributed by atoms with Crippen LogP contribution in [0.5, 0.6) is 0 Å². The predicted octanol–water partition coefficient (Wildman–Crippen LogP) is 1.71. The molecule has 0 radical (unpaired) electrons. The minimum Gasteiger partial charge on any atom is -0.445 e. The van der Waals surface area contributed by atoms with Crippen molar-refractivity contribution in [2.45, 2.75) is 31.9 Å². The first-order valence-electron chi connectivity index (χ1n) is 7.92. The molecule has 0 spiro atoms. The summed E-state index contributed by atoms with van der Waals surface area (Å²) in [7, 11) is -3.53. The lowest BCUT2D eigenvalue weighted by molar-refractivity contribution is 0.0876. The highest BCUT2D eigenvalue weighted by atomic mass is 32.2. The SMILES string of the molecule is NS(=O)(=O)CC1C2CCCC1N(C(=O)OCc1ccccc1)C2. The van der Waals surface area contributed by atoms with Gasteiger partial charge in [0.15, 0.2) is 0 Å². The van der Waals surface area contributed by atoms with Crippen molar-refractivity contribution in [1.29, 1.82) is 0 Å². The van der Waals surface area contributed by atoms with Gasteiger partial charge in [0, 0.05) is 12.6 Å². The Morgan fingerprint density at radius 1 is 1.26 bits per heavy atom. The van der Waals surface area contributed by atoms with Crippen LogP contribution < -0.4 is 5.14 Å². The van der Waals surface area contributed by atoms with E-state index >= 15 is 0 Å². The number of primary sulfonamides is 1. The third kappa shape index (κ3) is 3.84. The van der Waals surface area contributed by atoms with Crippen LogP contribution in [0, 0.1) is 11.8 Å². The molecule has 1 saturated carbocycles. The normalized spacial score (nSPS) is 27.0. The number of carbonyl (C=O) groups is 1. The number of sulfonamides is 1. The second-order valence-electron chi connectivity index (χ2n) is 6.44. The first-order valence-corrected chi connectivity index (χ1v) is 9.63. The third-order valence-corrected chi connectivity index (χ3v) is 5.72. The van der Waals surface area contributed by atoms with Crippen LogP contribution in [0.1, 0.15) is 24.8 Å². The maximum Gasteiger partial charge on any atom is 0.410 e. The maximum atomic E-state index is 12.4. The van der Waals surface area contributed by atoms with Gasteiger partial charge in [-0.05, 0) is 30.2 Å². The van der Waals surface area contributed by atoms with Gasteiger partial charge in [0.25, 0.3) is 0 Å². The number of ether oxygens (including phenoxy) is 1. The molecule has 23 heavy (non-hydrogen) atoms. The summed E-state index contributed by atoms with van der Waals surface area (Å²) in [5, 5.41) is 5.21. The van der Waals surface area contributed by atoms with Crippen molar-refractivity contribution in [3.05, 3.63) is 35.9 Å². The Bertz CT molecular complexity index is 662. The lowest BCUT2D eigenvalue weighted by atomic mass is 9.81. The summed E-state index contributed by atoms with van der Waals surface area (Å²) in [6.07, 6.45) is 2.41. The fourth-order valence-corrected chi connectivity index (χ4v) is 4.89. The van der Waals surface area contributed by atoms with E-state index in [4.69, 9.17) is 9.88 Å². The maximum absolute atomic E-state index is 12.4. The summed E-state index contributed by atoms with van der Waals surface area (Å²) in [6, 6.07) is 9.43. The molecule has 1 saturated heterocycles. The number of carbonyl (C=O) groups excluding carboxylic acids is 1. The van der Waals surface area contributed by atoms with Crippen molar-refractivity contribution in [2.75, 3.05) is 12.3 Å². The highest BCUT2D eigenvalue weighted by Crippen LogP contribution is 2.41. The summed E-state index contributed by atoms with van der Waals surface area (Å²) in [5.41, 5.74) is 0.934. The Hall–Kier alpha value is -1.60. The third-order valence-electron chi connectivity index (χ3n) is 4.87. The molecule has 1 aliphatic carbocycles. The lowest BCUT2D eigenvalue weighted by Crippen LogP contribution is -2.41. The molecule has 1 aromatic rings. The van der Waals surface area contributed by atoms with Gasteiger partial charge in [-0.15, -0.1) is 0 Å². The van der Waals surface area contributed by atoms with E-state index in [-0.39, 0.29) is 36.3 Å². The Balaban J connectivity index is 1.65. The molecule has 2 aliphatic rings. The van der Waals surface area contributed by atoms with Crippen molar-refractivity contribution < 1.29 is 17.9 Å². The molecule has 2 fully saturated rings. The summed E-state index contributed by atoms with van der Waals surface area (Å²) >= 11 is 0. The van der Waals surface area contributed by atoms with E-state index in [1.807, 2.05) is 30.3 Å². The molecule has 3 unspecified atom stereocenters. The molecular weight excluding hydrogens is 316 g/mol. The van der Waals surface area contributed by atoms with Crippen LogP contribution >= 0.6 is 0 Å². The van der Waals surface area contributed by atoms with Crippen LogP contribution in [0.4, 0.5) is 4.79 Å². The quantitative estimate of drug-likeness (QED) is 0.905. The van der Waals surface area contributed by atoms with Crippen LogP contribution in [0.15, 0.2) is 30.3 Å². The van der Waals surface area contributed by atoms with Crippen LogP contribution in [-0.2, 0) is 21.4 Å². The summed E-state index contributed by atoms with van der Waals surface area (Å²) in [6.45, 7) is 0.798. The number of benzene rings is 1. The van der Waals surface area contributed by atoms with E-state index in [1.54, 1.807) is 4.90 Å². The fourth-order valence-electron chi connectivity index (χ4n) is 3.86. The zero-order chi connectivity index (χ0) is 16.4. The van der Waals surface area contributed by atoms with Gasteiger partial charge in [-0.2, -0.15) is 0 Å². The molecule has 1 aliphatic heterocycles. The van der Waals surface area contributed by atoms with E-state index in [2.05, 4.69) is 0 Å². The van der Waals surface area contributed by atoms with Gasteiger partial charge >= 0.3 is 6.09 Å². The van der Waals surface area contributed by atoms with E-state index in [1.165, 1.54) is 0 Å². The van der Waals surface area contributed by atoms with Crippen LogP contribution in [0.3, 0.4) is 0 Å². The molecule has 1 heterocycles. The number of fused-ring (bicyclic) bond motifs is 2. The zero-order valence-corrected chi connectivity index (χ0v) is 13.7. The molecule has 126 valence electrons. The second kappa shape index (κ2) is 6.49. The van der Waals surface area contributed by atoms with Crippen molar-refractivity contribution >= 4 is 16.1 Å². The molecule has 6 nitrogen and oxygen atoms in total. The van der Waals surface area contributed by atoms with Crippen molar-refractivity contribution in [2.24, 2.45) is 17.0 Å². The molecule has 7 heteroatoms. The highest BCUT2D eigenvalue weighted by Gasteiger charge is 2.47. The van der Waals surface area contributed by atoms with Crippen LogP contribution in [-0.4, -0.2) is 37.8 Å². The molecule has 2 bridgehead atoms. The largest absolute Gasteiger partial charge is 0.445 e. The average molecular weight is 338 g/mol. The van der Waals surface area contributed by atoms with Gasteiger partial charge in [-0.3, -0.25) is 0 Å². The minimum absolute atomic E-state index is 0.0508. The van der Waals surface area contributed by atoms with Crippen molar-refractivity contribution in [3.8, 4) is 0 Å². The number of hydrogen-bond donors (Lipinski definition) is 1. The molecule has 1 amide bonds. The van der Waals surface area contributed by atoms with E-state index < -0.39 is 10.0 Å². The Labute approximate surface area is 136 Å². The molecule has 0 aromatic heterocycles. The van der Waals surface area contributed by atoms with E-state index in [0.717, 1.165) is 24.8 Å². The Morgan fingerprint density at radius 2 is 2.00 bits per heavy atom. The minimum atomic E-state index is -3.53. The lowest BCUT2D eigenvalue weighted by Gasteiger charge is -2.30. The number of amides is 1. The molecule has 3 rings (SSSR count). The number of nitrogens with two attached hydrogens (primary N) is 1. The smallest absolute Gasteiger partial charge is 0.410 e. The van der Waals surface area contributed by atoms with Gasteiger partial charge in [-0.25, -0.2) is 18.4 Å². The monoisotopic (exact) mass is 338 g/mol. The first kappa shape index (κ1) is 16.3. The zero-order valence-electron chi connectivity index (χ0n) is 12.9. The van der Waals surface area contributed by atoms with Gasteiger partial charge in [-0.1, -0.05) is 36.8 Å². The second-order valence-corrected chi connectivity index (χ2v) is 8.10. The molecule has 2 N–H and O–H groups in total. The van der Waals surface area contributed by atoms with E-state index in [9.17, 15) is 13.2 Å². The Kier molecular flexibility index (Phi) is 4.59. The van der Waals surface area contributed by atoms with Gasteiger partial charge in [0.1, 0.15) is 6.61 Å². The number of hydrogen-bond acceptors (Lipinski definition) is 4. The van der Waals surface area contributed by atoms with Crippen molar-refractivity contribution in [3.63, 3.8) is 0 Å². The summed E-state index contributed by atoms with van der Waals surface area (Å²) < 4.78 is 28.3. The van der Waals surface area contributed by atoms with Crippen molar-refractivity contribution in [1.82, 2.24) is 4.90 Å². The summed E-state index contributed by atoms with van der Waals surface area (Å²) in [4.78, 5) is 14.1. The van der Waals surface area contributed by atoms with Gasteiger partial charge in [0.05, 0.1) is 5.75 Å². The number of nitrogens with zero attached hydrogens (tertiary/aromatic N) is 1. The Morgan fingerprint density at radius 3 is 2.70 bits per heavy atom. The fraction of sp³-hybridized carbons (Fsp3) is 0.562. The molecular formula is C16H22N2O4S. The summed E-state index contributed by atoms with van der Waals surface area (Å²) in [5.74, 6) is 0.0875. The van der Waals surface area contributed by atoms with Crippen LogP contribution in [0.2, 0.25) is 0 Å². The number of rotatable bonds is 4. The average Bonchev–Trinajstić information content (AvgIpc) is 2.71. The molecule has 1 aromatic carbocycles. The number of likely N-dealkylation sites (tertiary alicyclic amines) is 1. The van der Waals surface area contributed by atoms with E-state index in [0.29, 0.717) is 6.54 Å². The molecule has 3 atom stereocenters. The van der Waals surface area contributed by atoms with Gasteiger partial charge < -0.3 is 9.64 Å². The topological polar surface area (TPSA) is 89.7 Å². The predicted molar refractivity (Wildman–Crippen MR) is 85.9 cm³/mol. The van der Waals surface area contributed by atoms with Gasteiger partial charge in [0.2, 0.25) is 10.0 Å². The highest BCUT2D eigenvalue weighted by molar-refractivity contribution is 7.89.